The minimum atomic E-state index is -0.0312. The molecule has 218 valence electrons. The van der Waals surface area contributed by atoms with E-state index >= 15 is 0 Å². The lowest BCUT2D eigenvalue weighted by atomic mass is 9.47. The molecule has 3 saturated carbocycles. The molecule has 4 aliphatic rings. The molecule has 0 aromatic carbocycles. The van der Waals surface area contributed by atoms with Gasteiger partial charge in [-0.2, -0.15) is 0 Å². The van der Waals surface area contributed by atoms with E-state index in [0.717, 1.165) is 48.3 Å². The molecule has 4 rings (SSSR count). The molecule has 4 aliphatic carbocycles. The number of ether oxygens (including phenoxy) is 1. The van der Waals surface area contributed by atoms with E-state index in [-0.39, 0.29) is 5.30 Å². The third kappa shape index (κ3) is 6.71. The number of carbonyl (C=O) groups excluding carboxylic acids is 1. The zero-order chi connectivity index (χ0) is 27.3. The van der Waals surface area contributed by atoms with Gasteiger partial charge < -0.3 is 4.74 Å². The molecule has 0 bridgehead atoms. The molecule has 0 aromatic rings. The van der Waals surface area contributed by atoms with Crippen molar-refractivity contribution in [2.75, 3.05) is 6.61 Å². The van der Waals surface area contributed by atoms with E-state index in [9.17, 15) is 4.79 Å². The van der Waals surface area contributed by atoms with Gasteiger partial charge in [0.2, 0.25) is 0 Å². The van der Waals surface area contributed by atoms with Crippen LogP contribution in [0.3, 0.4) is 0 Å². The maximum atomic E-state index is 12.5. The van der Waals surface area contributed by atoms with E-state index < -0.39 is 0 Å². The van der Waals surface area contributed by atoms with Crippen LogP contribution in [-0.2, 0) is 4.74 Å². The Labute approximate surface area is 240 Å². The third-order valence-electron chi connectivity index (χ3n) is 12.0. The number of fused-ring (bicyclic) bond motifs is 5. The molecule has 0 N–H and O–H groups in total. The maximum absolute atomic E-state index is 12.5. The molecular weight excluding hydrogens is 484 g/mol. The lowest BCUT2D eigenvalue weighted by Gasteiger charge is -2.58. The molecule has 0 saturated heterocycles. The van der Waals surface area contributed by atoms with Crippen molar-refractivity contribution < 1.29 is 9.53 Å². The molecular formula is C35H60O2S. The fraction of sp³-hybridized carbons (Fsp3) is 0.914. The lowest BCUT2D eigenvalue weighted by molar-refractivity contribution is -0.0497. The zero-order valence-corrected chi connectivity index (χ0v) is 26.7. The smallest absolute Gasteiger partial charge is 0.367 e. The Morgan fingerprint density at radius 2 is 1.76 bits per heavy atom. The van der Waals surface area contributed by atoms with E-state index in [4.69, 9.17) is 4.74 Å². The number of unbranched alkanes of at least 4 members (excludes halogenated alkanes) is 4. The second-order valence-electron chi connectivity index (χ2n) is 14.8. The van der Waals surface area contributed by atoms with Gasteiger partial charge in [-0.05, 0) is 116 Å². The van der Waals surface area contributed by atoms with Gasteiger partial charge in [0.05, 0.1) is 6.61 Å². The van der Waals surface area contributed by atoms with E-state index in [1.807, 2.05) is 0 Å². The number of carbonyl (C=O) groups is 1. The van der Waals surface area contributed by atoms with Gasteiger partial charge in [-0.15, -0.1) is 0 Å². The first-order chi connectivity index (χ1) is 18.2. The van der Waals surface area contributed by atoms with Gasteiger partial charge >= 0.3 is 5.30 Å². The number of hydrogen-bond donors (Lipinski definition) is 0. The van der Waals surface area contributed by atoms with Crippen molar-refractivity contribution >= 4 is 17.1 Å². The summed E-state index contributed by atoms with van der Waals surface area (Å²) in [5, 5.41) is 0.381. The standard InChI is InChI=1S/C35H60O2S/c1-7-8-9-10-11-23-37-33(36)38-28-19-21-34(5)27(24-28)15-16-29-31-18-17-30(26(4)14-12-13-25(2)3)35(31,6)22-20-32(29)34/h15,25-26,28-32H,7-14,16-24H2,1-6H3. The minimum absolute atomic E-state index is 0.0312. The average molecular weight is 545 g/mol. The summed E-state index contributed by atoms with van der Waals surface area (Å²) < 4.78 is 5.60. The topological polar surface area (TPSA) is 26.3 Å². The van der Waals surface area contributed by atoms with Crippen LogP contribution >= 0.6 is 11.8 Å². The van der Waals surface area contributed by atoms with Crippen molar-refractivity contribution in [2.24, 2.45) is 46.3 Å². The summed E-state index contributed by atoms with van der Waals surface area (Å²) in [7, 11) is 0. The highest BCUT2D eigenvalue weighted by Crippen LogP contribution is 2.67. The molecule has 0 aromatic heterocycles. The van der Waals surface area contributed by atoms with Crippen LogP contribution < -0.4 is 0 Å². The summed E-state index contributed by atoms with van der Waals surface area (Å²) in [4.78, 5) is 12.5. The van der Waals surface area contributed by atoms with Crippen molar-refractivity contribution in [1.82, 2.24) is 0 Å². The predicted octanol–water partition coefficient (Wildman–Crippen LogP) is 11.2. The quantitative estimate of drug-likeness (QED) is 0.139. The van der Waals surface area contributed by atoms with Crippen molar-refractivity contribution in [2.45, 2.75) is 150 Å². The number of rotatable bonds is 12. The van der Waals surface area contributed by atoms with Gasteiger partial charge in [0.1, 0.15) is 0 Å². The molecule has 0 radical (unpaired) electrons. The first-order valence-electron chi connectivity index (χ1n) is 16.7. The molecule has 0 amide bonds. The maximum Gasteiger partial charge on any atom is 0.367 e. The molecule has 3 heteroatoms. The highest BCUT2D eigenvalue weighted by molar-refractivity contribution is 8.13. The molecule has 0 aliphatic heterocycles. The molecule has 8 unspecified atom stereocenters. The first-order valence-corrected chi connectivity index (χ1v) is 17.6. The van der Waals surface area contributed by atoms with Crippen LogP contribution in [-0.4, -0.2) is 17.2 Å². The van der Waals surface area contributed by atoms with E-state index in [1.165, 1.54) is 102 Å². The van der Waals surface area contributed by atoms with Gasteiger partial charge in [-0.1, -0.05) is 98.1 Å². The summed E-state index contributed by atoms with van der Waals surface area (Å²) in [6.07, 6.45) is 23.6. The van der Waals surface area contributed by atoms with Crippen molar-refractivity contribution in [3.8, 4) is 0 Å². The lowest BCUT2D eigenvalue weighted by Crippen LogP contribution is -2.50. The van der Waals surface area contributed by atoms with Crippen molar-refractivity contribution in [3.63, 3.8) is 0 Å². The number of thioether (sulfide) groups is 1. The van der Waals surface area contributed by atoms with Crippen LogP contribution in [0.1, 0.15) is 144 Å². The van der Waals surface area contributed by atoms with Crippen LogP contribution in [0.4, 0.5) is 4.79 Å². The van der Waals surface area contributed by atoms with Gasteiger partial charge in [-0.3, -0.25) is 0 Å². The Kier molecular flexibility index (Phi) is 10.8. The van der Waals surface area contributed by atoms with Gasteiger partial charge in [0, 0.05) is 5.25 Å². The van der Waals surface area contributed by atoms with Crippen LogP contribution in [0, 0.1) is 46.3 Å². The Morgan fingerprint density at radius 3 is 2.53 bits per heavy atom. The molecule has 8 atom stereocenters. The summed E-state index contributed by atoms with van der Waals surface area (Å²) in [5.74, 6) is 5.33. The highest BCUT2D eigenvalue weighted by atomic mass is 32.2. The van der Waals surface area contributed by atoms with Crippen LogP contribution in [0.2, 0.25) is 0 Å². The Balaban J connectivity index is 1.31. The van der Waals surface area contributed by atoms with Crippen LogP contribution in [0.5, 0.6) is 0 Å². The highest BCUT2D eigenvalue weighted by Gasteiger charge is 2.59. The second-order valence-corrected chi connectivity index (χ2v) is 16.0. The summed E-state index contributed by atoms with van der Waals surface area (Å²) in [6.45, 7) is 15.5. The second kappa shape index (κ2) is 13.5. The van der Waals surface area contributed by atoms with Crippen molar-refractivity contribution in [1.29, 1.82) is 0 Å². The van der Waals surface area contributed by atoms with Crippen molar-refractivity contribution in [3.05, 3.63) is 11.6 Å². The van der Waals surface area contributed by atoms with E-state index in [1.54, 1.807) is 5.57 Å². The largest absolute Gasteiger partial charge is 0.458 e. The fourth-order valence-electron chi connectivity index (χ4n) is 9.78. The Morgan fingerprint density at radius 1 is 0.974 bits per heavy atom. The van der Waals surface area contributed by atoms with E-state index in [2.05, 4.69) is 47.6 Å². The molecule has 0 spiro atoms. The summed E-state index contributed by atoms with van der Waals surface area (Å²) in [5.41, 5.74) is 2.62. The molecule has 0 heterocycles. The third-order valence-corrected chi connectivity index (χ3v) is 13.0. The Bertz CT molecular complexity index is 804. The fourth-order valence-corrected chi connectivity index (χ4v) is 10.7. The molecule has 38 heavy (non-hydrogen) atoms. The zero-order valence-electron chi connectivity index (χ0n) is 25.9. The number of allylic oxidation sites excluding steroid dienone is 2. The van der Waals surface area contributed by atoms with Crippen LogP contribution in [0.25, 0.3) is 0 Å². The first kappa shape index (κ1) is 30.5. The van der Waals surface area contributed by atoms with E-state index in [0.29, 0.717) is 22.7 Å². The summed E-state index contributed by atoms with van der Waals surface area (Å²) in [6, 6.07) is 0. The van der Waals surface area contributed by atoms with Crippen LogP contribution in [0.15, 0.2) is 11.6 Å². The van der Waals surface area contributed by atoms with Gasteiger partial charge in [0.15, 0.2) is 0 Å². The molecule has 3 fully saturated rings. The summed E-state index contributed by atoms with van der Waals surface area (Å²) >= 11 is 1.50. The monoisotopic (exact) mass is 544 g/mol. The van der Waals surface area contributed by atoms with Gasteiger partial charge in [0.25, 0.3) is 0 Å². The predicted molar refractivity (Wildman–Crippen MR) is 165 cm³/mol. The number of hydrogen-bond acceptors (Lipinski definition) is 3. The minimum Gasteiger partial charge on any atom is -0.458 e. The molecule has 2 nitrogen and oxygen atoms in total. The average Bonchev–Trinajstić information content (AvgIpc) is 3.23. The SMILES string of the molecule is CCCCCCCOC(=O)SC1CCC2(C)C(=CCC3C2CCC2(C)C(C(C)CCCC(C)C)CCC32)C1. The Hall–Kier alpha value is -0.440. The normalized spacial score (nSPS) is 37.2. The van der Waals surface area contributed by atoms with Gasteiger partial charge in [-0.25, -0.2) is 4.79 Å².